The molecule has 3 amide bonds. The van der Waals surface area contributed by atoms with Crippen LogP contribution in [-0.4, -0.2) is 18.5 Å². The lowest BCUT2D eigenvalue weighted by molar-refractivity contribution is -0.111. The van der Waals surface area contributed by atoms with Crippen LogP contribution in [0.3, 0.4) is 0 Å². The summed E-state index contributed by atoms with van der Waals surface area (Å²) in [6.45, 7) is 2.46. The Kier molecular flexibility index (Phi) is 7.22. The van der Waals surface area contributed by atoms with Crippen molar-refractivity contribution in [3.63, 3.8) is 0 Å². The Labute approximate surface area is 175 Å². The molecule has 0 unspecified atom stereocenters. The summed E-state index contributed by atoms with van der Waals surface area (Å²) in [6, 6.07) is 23.2. The molecule has 0 atom stereocenters. The SMILES string of the molecule is CCOc1ccccc1/C=C\C(=O)Nc1cccc(NC(=O)Nc2ccccc2)c1. The van der Waals surface area contributed by atoms with Gasteiger partial charge in [-0.2, -0.15) is 0 Å². The highest BCUT2D eigenvalue weighted by Crippen LogP contribution is 2.20. The molecule has 3 aromatic carbocycles. The fourth-order valence-electron chi connectivity index (χ4n) is 2.74. The highest BCUT2D eigenvalue weighted by molar-refractivity contribution is 6.03. The summed E-state index contributed by atoms with van der Waals surface area (Å²) < 4.78 is 5.55. The lowest BCUT2D eigenvalue weighted by atomic mass is 10.2. The van der Waals surface area contributed by atoms with Crippen LogP contribution in [0.2, 0.25) is 0 Å². The second-order valence-electron chi connectivity index (χ2n) is 6.32. The number of urea groups is 1. The number of hydrogen-bond acceptors (Lipinski definition) is 3. The number of carbonyl (C=O) groups excluding carboxylic acids is 2. The quantitative estimate of drug-likeness (QED) is 0.465. The minimum Gasteiger partial charge on any atom is -0.493 e. The van der Waals surface area contributed by atoms with E-state index in [1.54, 1.807) is 42.5 Å². The topological polar surface area (TPSA) is 79.5 Å². The summed E-state index contributed by atoms with van der Waals surface area (Å²) >= 11 is 0. The van der Waals surface area contributed by atoms with Gasteiger partial charge in [0, 0.05) is 28.7 Å². The highest BCUT2D eigenvalue weighted by atomic mass is 16.5. The van der Waals surface area contributed by atoms with E-state index in [-0.39, 0.29) is 11.9 Å². The number of nitrogens with one attached hydrogen (secondary N) is 3. The maximum Gasteiger partial charge on any atom is 0.323 e. The zero-order valence-corrected chi connectivity index (χ0v) is 16.6. The number of ether oxygens (including phenoxy) is 1. The Morgan fingerprint density at radius 2 is 1.43 bits per heavy atom. The van der Waals surface area contributed by atoms with Crippen LogP contribution in [0.15, 0.2) is 84.9 Å². The average Bonchev–Trinajstić information content (AvgIpc) is 2.74. The zero-order valence-electron chi connectivity index (χ0n) is 16.6. The molecular weight excluding hydrogens is 378 g/mol. The molecule has 0 aliphatic rings. The Hall–Kier alpha value is -4.06. The van der Waals surface area contributed by atoms with Gasteiger partial charge in [0.1, 0.15) is 5.75 Å². The van der Waals surface area contributed by atoms with Crippen molar-refractivity contribution in [1.82, 2.24) is 0 Å². The fourth-order valence-corrected chi connectivity index (χ4v) is 2.74. The number of anilines is 3. The maximum atomic E-state index is 12.3. The molecule has 6 heteroatoms. The van der Waals surface area contributed by atoms with Crippen molar-refractivity contribution in [2.45, 2.75) is 6.92 Å². The molecule has 0 heterocycles. The average molecular weight is 401 g/mol. The van der Waals surface area contributed by atoms with Crippen molar-refractivity contribution in [2.75, 3.05) is 22.6 Å². The van der Waals surface area contributed by atoms with E-state index < -0.39 is 0 Å². The minimum absolute atomic E-state index is 0.285. The molecule has 152 valence electrons. The predicted molar refractivity (Wildman–Crippen MR) is 121 cm³/mol. The van der Waals surface area contributed by atoms with Gasteiger partial charge in [-0.05, 0) is 49.4 Å². The first-order valence-corrected chi connectivity index (χ1v) is 9.58. The van der Waals surface area contributed by atoms with E-state index in [2.05, 4.69) is 16.0 Å². The molecule has 30 heavy (non-hydrogen) atoms. The van der Waals surface area contributed by atoms with Crippen molar-refractivity contribution in [3.05, 3.63) is 90.5 Å². The molecule has 0 spiro atoms. The van der Waals surface area contributed by atoms with Crippen molar-refractivity contribution >= 4 is 35.1 Å². The van der Waals surface area contributed by atoms with Crippen LogP contribution < -0.4 is 20.7 Å². The van der Waals surface area contributed by atoms with Crippen LogP contribution in [0, 0.1) is 0 Å². The molecule has 0 bridgehead atoms. The molecule has 3 N–H and O–H groups in total. The number of benzene rings is 3. The van der Waals surface area contributed by atoms with Crippen LogP contribution >= 0.6 is 0 Å². The largest absolute Gasteiger partial charge is 0.493 e. The maximum absolute atomic E-state index is 12.3. The summed E-state index contributed by atoms with van der Waals surface area (Å²) in [6.07, 6.45) is 3.15. The molecule has 0 aliphatic heterocycles. The molecule has 3 rings (SSSR count). The monoisotopic (exact) mass is 401 g/mol. The summed E-state index contributed by atoms with van der Waals surface area (Å²) in [4.78, 5) is 24.4. The molecule has 3 aromatic rings. The third-order valence-corrected chi connectivity index (χ3v) is 4.05. The van der Waals surface area contributed by atoms with E-state index in [0.717, 1.165) is 11.3 Å². The van der Waals surface area contributed by atoms with Gasteiger partial charge in [-0.3, -0.25) is 4.79 Å². The summed E-state index contributed by atoms with van der Waals surface area (Å²) in [7, 11) is 0. The number of para-hydroxylation sites is 2. The molecular formula is C24H23N3O3. The van der Waals surface area contributed by atoms with Gasteiger partial charge in [0.15, 0.2) is 0 Å². The predicted octanol–water partition coefficient (Wildman–Crippen LogP) is 5.38. The lowest BCUT2D eigenvalue weighted by Crippen LogP contribution is -2.19. The lowest BCUT2D eigenvalue weighted by Gasteiger charge is -2.09. The number of rotatable bonds is 7. The molecule has 0 aromatic heterocycles. The van der Waals surface area contributed by atoms with Crippen LogP contribution in [0.25, 0.3) is 6.08 Å². The Morgan fingerprint density at radius 1 is 0.800 bits per heavy atom. The fraction of sp³-hybridized carbons (Fsp3) is 0.0833. The highest BCUT2D eigenvalue weighted by Gasteiger charge is 2.05. The van der Waals surface area contributed by atoms with Crippen LogP contribution in [0.4, 0.5) is 21.9 Å². The summed E-state index contributed by atoms with van der Waals surface area (Å²) in [5.74, 6) is 0.437. The second-order valence-corrected chi connectivity index (χ2v) is 6.32. The molecule has 6 nitrogen and oxygen atoms in total. The molecule has 0 saturated heterocycles. The molecule has 0 radical (unpaired) electrons. The Morgan fingerprint density at radius 3 is 2.20 bits per heavy atom. The van der Waals surface area contributed by atoms with Crippen LogP contribution in [0.1, 0.15) is 12.5 Å². The molecule has 0 aliphatic carbocycles. The Bertz CT molecular complexity index is 1030. The van der Waals surface area contributed by atoms with E-state index in [1.165, 1.54) is 6.08 Å². The summed E-state index contributed by atoms with van der Waals surface area (Å²) in [5, 5.41) is 8.28. The van der Waals surface area contributed by atoms with E-state index in [9.17, 15) is 9.59 Å². The second kappa shape index (κ2) is 10.5. The van der Waals surface area contributed by atoms with E-state index in [0.29, 0.717) is 23.7 Å². The van der Waals surface area contributed by atoms with Gasteiger partial charge < -0.3 is 20.7 Å². The molecule has 0 saturated carbocycles. The zero-order chi connectivity index (χ0) is 21.2. The van der Waals surface area contributed by atoms with Gasteiger partial charge >= 0.3 is 6.03 Å². The minimum atomic E-state index is -0.364. The third kappa shape index (κ3) is 6.24. The van der Waals surface area contributed by atoms with E-state index >= 15 is 0 Å². The number of amides is 3. The van der Waals surface area contributed by atoms with Crippen molar-refractivity contribution in [3.8, 4) is 5.75 Å². The van der Waals surface area contributed by atoms with Crippen molar-refractivity contribution < 1.29 is 14.3 Å². The first-order chi connectivity index (χ1) is 14.6. The van der Waals surface area contributed by atoms with Gasteiger partial charge in [-0.25, -0.2) is 4.79 Å². The smallest absolute Gasteiger partial charge is 0.323 e. The van der Waals surface area contributed by atoms with Gasteiger partial charge in [0.25, 0.3) is 0 Å². The first-order valence-electron chi connectivity index (χ1n) is 9.58. The standard InChI is InChI=1S/C24H23N3O3/c1-2-30-22-14-7-6-9-18(22)15-16-23(28)25-20-12-8-13-21(17-20)27-24(29)26-19-10-4-3-5-11-19/h3-17H,2H2,1H3,(H,25,28)(H2,26,27,29)/b16-15-. The van der Waals surface area contributed by atoms with Crippen LogP contribution in [0.5, 0.6) is 5.75 Å². The number of hydrogen-bond donors (Lipinski definition) is 3. The first kappa shape index (κ1) is 20.7. The van der Waals surface area contributed by atoms with Gasteiger partial charge in [0.05, 0.1) is 6.61 Å². The summed E-state index contributed by atoms with van der Waals surface area (Å²) in [5.41, 5.74) is 2.64. The van der Waals surface area contributed by atoms with Crippen molar-refractivity contribution in [1.29, 1.82) is 0 Å². The molecule has 0 fully saturated rings. The Balaban J connectivity index is 1.59. The van der Waals surface area contributed by atoms with E-state index in [4.69, 9.17) is 4.74 Å². The number of carbonyl (C=O) groups is 2. The van der Waals surface area contributed by atoms with Gasteiger partial charge in [0.2, 0.25) is 5.91 Å². The van der Waals surface area contributed by atoms with Gasteiger partial charge in [-0.1, -0.05) is 42.5 Å². The van der Waals surface area contributed by atoms with Crippen molar-refractivity contribution in [2.24, 2.45) is 0 Å². The van der Waals surface area contributed by atoms with Crippen LogP contribution in [-0.2, 0) is 4.79 Å². The van der Waals surface area contributed by atoms with Gasteiger partial charge in [-0.15, -0.1) is 0 Å². The van der Waals surface area contributed by atoms with E-state index in [1.807, 2.05) is 49.4 Å². The normalized spacial score (nSPS) is 10.4. The third-order valence-electron chi connectivity index (χ3n) is 4.05.